The lowest BCUT2D eigenvalue weighted by Gasteiger charge is -2.12. The van der Waals surface area contributed by atoms with E-state index < -0.39 is 0 Å². The molecule has 0 spiro atoms. The van der Waals surface area contributed by atoms with Gasteiger partial charge in [-0.3, -0.25) is 0 Å². The Bertz CT molecular complexity index is 442. The third-order valence-electron chi connectivity index (χ3n) is 2.41. The molecule has 4 heteroatoms. The van der Waals surface area contributed by atoms with Crippen molar-refractivity contribution in [2.75, 3.05) is 0 Å². The second-order valence-corrected chi connectivity index (χ2v) is 3.63. The topological polar surface area (TPSA) is 38.1 Å². The van der Waals surface area contributed by atoms with E-state index in [9.17, 15) is 4.39 Å². The lowest BCUT2D eigenvalue weighted by Crippen LogP contribution is -2.17. The molecule has 0 aliphatic heterocycles. The maximum Gasteiger partial charge on any atom is 0.180 e. The van der Waals surface area contributed by atoms with Crippen LogP contribution in [-0.2, 0) is 6.54 Å². The quantitative estimate of drug-likeness (QED) is 0.860. The van der Waals surface area contributed by atoms with Gasteiger partial charge >= 0.3 is 0 Å². The molecule has 0 aliphatic carbocycles. The van der Waals surface area contributed by atoms with Crippen molar-refractivity contribution in [3.63, 3.8) is 0 Å². The lowest BCUT2D eigenvalue weighted by atomic mass is 10.1. The molecule has 0 aliphatic rings. The molecule has 0 unspecified atom stereocenters. The van der Waals surface area contributed by atoms with Crippen LogP contribution in [0.4, 0.5) is 4.39 Å². The Morgan fingerprint density at radius 3 is 3.06 bits per heavy atom. The summed E-state index contributed by atoms with van der Waals surface area (Å²) in [5.41, 5.74) is 0.916. The molecule has 2 rings (SSSR count). The zero-order valence-electron chi connectivity index (χ0n) is 8.98. The Morgan fingerprint density at radius 1 is 1.50 bits per heavy atom. The second kappa shape index (κ2) is 4.90. The van der Waals surface area contributed by atoms with Crippen LogP contribution in [0.25, 0.3) is 0 Å². The number of halogens is 1. The van der Waals surface area contributed by atoms with Crippen LogP contribution in [0.1, 0.15) is 24.3 Å². The first-order valence-electron chi connectivity index (χ1n) is 5.12. The highest BCUT2D eigenvalue weighted by atomic mass is 19.1. The van der Waals surface area contributed by atoms with Crippen molar-refractivity contribution >= 4 is 0 Å². The monoisotopic (exact) mass is 220 g/mol. The predicted octanol–water partition coefficient (Wildman–Crippen LogP) is 2.66. The van der Waals surface area contributed by atoms with E-state index in [1.807, 2.05) is 13.0 Å². The Morgan fingerprint density at radius 2 is 2.38 bits per heavy atom. The van der Waals surface area contributed by atoms with Crippen LogP contribution in [0.15, 0.2) is 41.3 Å². The van der Waals surface area contributed by atoms with Crippen molar-refractivity contribution in [3.05, 3.63) is 54.0 Å². The summed E-state index contributed by atoms with van der Waals surface area (Å²) < 4.78 is 18.1. The van der Waals surface area contributed by atoms with Gasteiger partial charge in [-0.05, 0) is 24.6 Å². The first-order chi connectivity index (χ1) is 7.75. The van der Waals surface area contributed by atoms with E-state index in [0.29, 0.717) is 6.54 Å². The summed E-state index contributed by atoms with van der Waals surface area (Å²) in [6, 6.07) is 6.63. The minimum absolute atomic E-state index is 0.0702. The van der Waals surface area contributed by atoms with Crippen LogP contribution in [-0.4, -0.2) is 4.98 Å². The maximum absolute atomic E-state index is 13.0. The third-order valence-corrected chi connectivity index (χ3v) is 2.41. The molecule has 1 aromatic carbocycles. The molecule has 0 radical (unpaired) electrons. The highest BCUT2D eigenvalue weighted by Gasteiger charge is 2.06. The Hall–Kier alpha value is -1.68. The van der Waals surface area contributed by atoms with Gasteiger partial charge < -0.3 is 9.73 Å². The molecule has 3 nitrogen and oxygen atoms in total. The van der Waals surface area contributed by atoms with Crippen molar-refractivity contribution in [2.45, 2.75) is 19.5 Å². The largest absolute Gasteiger partial charge is 0.447 e. The maximum atomic E-state index is 13.0. The zero-order valence-corrected chi connectivity index (χ0v) is 8.98. The molecule has 84 valence electrons. The van der Waals surface area contributed by atoms with E-state index in [4.69, 9.17) is 4.42 Å². The van der Waals surface area contributed by atoms with Crippen LogP contribution >= 0.6 is 0 Å². The van der Waals surface area contributed by atoms with Crippen molar-refractivity contribution < 1.29 is 8.81 Å². The van der Waals surface area contributed by atoms with Gasteiger partial charge in [0.2, 0.25) is 0 Å². The normalized spacial score (nSPS) is 12.6. The van der Waals surface area contributed by atoms with Crippen molar-refractivity contribution in [1.29, 1.82) is 0 Å². The van der Waals surface area contributed by atoms with Gasteiger partial charge in [-0.1, -0.05) is 12.1 Å². The van der Waals surface area contributed by atoms with Crippen LogP contribution in [0.2, 0.25) is 0 Å². The van der Waals surface area contributed by atoms with E-state index in [1.165, 1.54) is 18.5 Å². The fourth-order valence-corrected chi connectivity index (χ4v) is 1.48. The number of nitrogens with zero attached hydrogens (tertiary/aromatic N) is 1. The van der Waals surface area contributed by atoms with Crippen molar-refractivity contribution in [3.8, 4) is 0 Å². The molecule has 2 aromatic rings. The van der Waals surface area contributed by atoms with E-state index in [1.54, 1.807) is 12.3 Å². The number of hydrogen-bond donors (Lipinski definition) is 1. The fraction of sp³-hybridized carbons (Fsp3) is 0.250. The van der Waals surface area contributed by atoms with Gasteiger partial charge in [-0.15, -0.1) is 0 Å². The Kier molecular flexibility index (Phi) is 3.31. The highest BCUT2D eigenvalue weighted by molar-refractivity contribution is 5.19. The summed E-state index contributed by atoms with van der Waals surface area (Å²) in [6.45, 7) is 2.56. The molecular formula is C12H13FN2O. The summed E-state index contributed by atoms with van der Waals surface area (Å²) in [5, 5.41) is 3.23. The first kappa shape index (κ1) is 10.8. The van der Waals surface area contributed by atoms with Gasteiger partial charge in [0.25, 0.3) is 0 Å². The van der Waals surface area contributed by atoms with E-state index in [0.717, 1.165) is 11.3 Å². The third kappa shape index (κ3) is 2.67. The molecule has 0 saturated carbocycles. The molecule has 1 N–H and O–H groups in total. The van der Waals surface area contributed by atoms with Gasteiger partial charge in [0.15, 0.2) is 6.39 Å². The molecule has 0 bridgehead atoms. The lowest BCUT2D eigenvalue weighted by molar-refractivity contribution is 0.457. The van der Waals surface area contributed by atoms with Crippen LogP contribution in [0.5, 0.6) is 0 Å². The second-order valence-electron chi connectivity index (χ2n) is 3.63. The predicted molar refractivity (Wildman–Crippen MR) is 58.2 cm³/mol. The van der Waals surface area contributed by atoms with Crippen LogP contribution in [0, 0.1) is 5.82 Å². The van der Waals surface area contributed by atoms with Gasteiger partial charge in [0, 0.05) is 6.04 Å². The first-order valence-corrected chi connectivity index (χ1v) is 5.12. The average molecular weight is 220 g/mol. The molecule has 16 heavy (non-hydrogen) atoms. The minimum Gasteiger partial charge on any atom is -0.447 e. The van der Waals surface area contributed by atoms with Crippen LogP contribution < -0.4 is 5.32 Å². The smallest absolute Gasteiger partial charge is 0.180 e. The molecule has 0 fully saturated rings. The van der Waals surface area contributed by atoms with Gasteiger partial charge in [0.1, 0.15) is 11.6 Å². The van der Waals surface area contributed by atoms with Crippen molar-refractivity contribution in [1.82, 2.24) is 10.3 Å². The standard InChI is InChI=1S/C12H13FN2O/c1-9(10-3-2-4-11(13)5-10)15-7-12-6-14-8-16-12/h2-6,8-9,15H,7H2,1H3/t9-/m1/s1. The minimum atomic E-state index is -0.217. The van der Waals surface area contributed by atoms with Crippen LogP contribution in [0.3, 0.4) is 0 Å². The summed E-state index contributed by atoms with van der Waals surface area (Å²) >= 11 is 0. The van der Waals surface area contributed by atoms with Crippen molar-refractivity contribution in [2.24, 2.45) is 0 Å². The summed E-state index contributed by atoms with van der Waals surface area (Å²) in [7, 11) is 0. The molecule has 1 heterocycles. The fourth-order valence-electron chi connectivity index (χ4n) is 1.48. The van der Waals surface area contributed by atoms with Gasteiger partial charge in [-0.25, -0.2) is 9.37 Å². The molecular weight excluding hydrogens is 207 g/mol. The molecule has 0 saturated heterocycles. The number of rotatable bonds is 4. The van der Waals surface area contributed by atoms with Gasteiger partial charge in [-0.2, -0.15) is 0 Å². The van der Waals surface area contributed by atoms with Gasteiger partial charge in [0.05, 0.1) is 12.7 Å². The molecule has 1 aromatic heterocycles. The summed E-state index contributed by atoms with van der Waals surface area (Å²) in [4.78, 5) is 3.82. The molecule has 0 amide bonds. The number of benzene rings is 1. The Labute approximate surface area is 93.3 Å². The van der Waals surface area contributed by atoms with E-state index >= 15 is 0 Å². The van der Waals surface area contributed by atoms with E-state index in [-0.39, 0.29) is 11.9 Å². The summed E-state index contributed by atoms with van der Waals surface area (Å²) in [5.74, 6) is 0.550. The Balaban J connectivity index is 1.95. The number of hydrogen-bond acceptors (Lipinski definition) is 3. The number of nitrogens with one attached hydrogen (secondary N) is 1. The number of aromatic nitrogens is 1. The average Bonchev–Trinajstić information content (AvgIpc) is 2.78. The molecule has 1 atom stereocenters. The zero-order chi connectivity index (χ0) is 11.4. The SMILES string of the molecule is C[C@@H](NCc1cnco1)c1cccc(F)c1. The summed E-state index contributed by atoms with van der Waals surface area (Å²) in [6.07, 6.45) is 3.05. The van der Waals surface area contributed by atoms with E-state index in [2.05, 4.69) is 10.3 Å². The highest BCUT2D eigenvalue weighted by Crippen LogP contribution is 2.14. The number of oxazole rings is 1.